The highest BCUT2D eigenvalue weighted by Crippen LogP contribution is 2.23. The number of benzene rings is 1. The molecule has 1 saturated heterocycles. The third-order valence-corrected chi connectivity index (χ3v) is 5.33. The predicted octanol–water partition coefficient (Wildman–Crippen LogP) is 4.16. The van der Waals surface area contributed by atoms with Gasteiger partial charge in [-0.1, -0.05) is 25.4 Å². The standard InChI is InChI=1S/C18H27ClN2OS/c1-12-7-13(2)10-21(9-12)11-14(3)20-18(22)16-8-15(23-4)5-6-17(16)19/h5-6,8,12-14H,7,9-11H2,1-4H3,(H,20,22). The molecule has 5 heteroatoms. The van der Waals surface area contributed by atoms with E-state index in [0.717, 1.165) is 36.4 Å². The number of nitrogens with one attached hydrogen (secondary N) is 1. The van der Waals surface area contributed by atoms with Gasteiger partial charge in [-0.05, 0) is 49.6 Å². The molecule has 0 bridgehead atoms. The van der Waals surface area contributed by atoms with Crippen LogP contribution in [0.5, 0.6) is 0 Å². The fourth-order valence-electron chi connectivity index (χ4n) is 3.48. The number of nitrogens with zero attached hydrogens (tertiary/aromatic N) is 1. The van der Waals surface area contributed by atoms with Crippen molar-refractivity contribution < 1.29 is 4.79 Å². The van der Waals surface area contributed by atoms with Crippen molar-refractivity contribution in [2.24, 2.45) is 11.8 Å². The molecule has 3 nitrogen and oxygen atoms in total. The molecule has 3 unspecified atom stereocenters. The van der Waals surface area contributed by atoms with Crippen molar-refractivity contribution in [3.63, 3.8) is 0 Å². The second kappa shape index (κ2) is 8.41. The third kappa shape index (κ3) is 5.40. The zero-order valence-corrected chi connectivity index (χ0v) is 16.0. The Kier molecular flexibility index (Phi) is 6.81. The molecule has 3 atom stereocenters. The monoisotopic (exact) mass is 354 g/mol. The first-order valence-corrected chi connectivity index (χ1v) is 9.86. The van der Waals surface area contributed by atoms with Crippen molar-refractivity contribution in [3.05, 3.63) is 28.8 Å². The Morgan fingerprint density at radius 1 is 1.39 bits per heavy atom. The first-order valence-electron chi connectivity index (χ1n) is 8.25. The Labute approximate surface area is 149 Å². The average Bonchev–Trinajstić information content (AvgIpc) is 2.46. The molecule has 0 aromatic heterocycles. The van der Waals surface area contributed by atoms with E-state index in [2.05, 4.69) is 31.0 Å². The number of hydrogen-bond donors (Lipinski definition) is 1. The topological polar surface area (TPSA) is 32.3 Å². The molecule has 1 fully saturated rings. The molecule has 1 amide bonds. The summed E-state index contributed by atoms with van der Waals surface area (Å²) in [5.41, 5.74) is 0.561. The maximum atomic E-state index is 12.5. The molecule has 1 N–H and O–H groups in total. The number of carbonyl (C=O) groups excluding carboxylic acids is 1. The maximum absolute atomic E-state index is 12.5. The van der Waals surface area contributed by atoms with Gasteiger partial charge >= 0.3 is 0 Å². The quantitative estimate of drug-likeness (QED) is 0.806. The van der Waals surface area contributed by atoms with Crippen LogP contribution in [0.25, 0.3) is 0 Å². The van der Waals surface area contributed by atoms with E-state index >= 15 is 0 Å². The number of likely N-dealkylation sites (tertiary alicyclic amines) is 1. The lowest BCUT2D eigenvalue weighted by Crippen LogP contribution is -2.47. The number of amides is 1. The summed E-state index contributed by atoms with van der Waals surface area (Å²) in [4.78, 5) is 16.0. The van der Waals surface area contributed by atoms with Crippen molar-refractivity contribution in [1.82, 2.24) is 10.2 Å². The molecule has 0 spiro atoms. The first kappa shape index (κ1) is 18.6. The minimum absolute atomic E-state index is 0.0866. The fourth-order valence-corrected chi connectivity index (χ4v) is 4.12. The van der Waals surface area contributed by atoms with Gasteiger partial charge in [-0.25, -0.2) is 0 Å². The molecule has 1 aromatic carbocycles. The smallest absolute Gasteiger partial charge is 0.253 e. The summed E-state index contributed by atoms with van der Waals surface area (Å²) in [5.74, 6) is 1.38. The van der Waals surface area contributed by atoms with E-state index in [-0.39, 0.29) is 11.9 Å². The number of carbonyl (C=O) groups is 1. The molecule has 1 aliphatic rings. The number of halogens is 1. The van der Waals surface area contributed by atoms with E-state index in [1.165, 1.54) is 6.42 Å². The molecular formula is C18H27ClN2OS. The fraction of sp³-hybridized carbons (Fsp3) is 0.611. The average molecular weight is 355 g/mol. The van der Waals surface area contributed by atoms with Crippen LogP contribution in [0.3, 0.4) is 0 Å². The summed E-state index contributed by atoms with van der Waals surface area (Å²) in [6, 6.07) is 5.69. The van der Waals surface area contributed by atoms with Gasteiger partial charge < -0.3 is 10.2 Å². The number of piperidine rings is 1. The van der Waals surface area contributed by atoms with Crippen LogP contribution in [0.15, 0.2) is 23.1 Å². The number of thioether (sulfide) groups is 1. The van der Waals surface area contributed by atoms with Crippen LogP contribution >= 0.6 is 23.4 Å². The lowest BCUT2D eigenvalue weighted by Gasteiger charge is -2.36. The Balaban J connectivity index is 1.94. The Hall–Kier alpha value is -0.710. The zero-order valence-electron chi connectivity index (χ0n) is 14.4. The second-order valence-corrected chi connectivity index (χ2v) is 8.17. The lowest BCUT2D eigenvalue weighted by atomic mass is 9.92. The largest absolute Gasteiger partial charge is 0.348 e. The van der Waals surface area contributed by atoms with Gasteiger partial charge in [0.1, 0.15) is 0 Å². The van der Waals surface area contributed by atoms with Gasteiger partial charge in [-0.15, -0.1) is 11.8 Å². The molecule has 0 aliphatic carbocycles. The van der Waals surface area contributed by atoms with Crippen LogP contribution in [0.4, 0.5) is 0 Å². The Bertz CT molecular complexity index is 542. The van der Waals surface area contributed by atoms with Crippen LogP contribution in [0.2, 0.25) is 5.02 Å². The van der Waals surface area contributed by atoms with Gasteiger partial charge in [0.15, 0.2) is 0 Å². The molecule has 1 aliphatic heterocycles. The highest BCUT2D eigenvalue weighted by molar-refractivity contribution is 7.98. The summed E-state index contributed by atoms with van der Waals surface area (Å²) in [6.45, 7) is 9.80. The van der Waals surface area contributed by atoms with Crippen LogP contribution in [-0.4, -0.2) is 42.7 Å². The van der Waals surface area contributed by atoms with E-state index in [1.807, 2.05) is 18.4 Å². The highest BCUT2D eigenvalue weighted by Gasteiger charge is 2.23. The van der Waals surface area contributed by atoms with E-state index in [4.69, 9.17) is 11.6 Å². The van der Waals surface area contributed by atoms with Crippen molar-refractivity contribution in [2.45, 2.75) is 38.1 Å². The molecule has 0 radical (unpaired) electrons. The molecule has 2 rings (SSSR count). The van der Waals surface area contributed by atoms with Crippen LogP contribution in [-0.2, 0) is 0 Å². The minimum atomic E-state index is -0.0866. The van der Waals surface area contributed by atoms with Gasteiger partial charge in [0, 0.05) is 30.6 Å². The molecule has 128 valence electrons. The molecular weight excluding hydrogens is 328 g/mol. The summed E-state index contributed by atoms with van der Waals surface area (Å²) in [7, 11) is 0. The highest BCUT2D eigenvalue weighted by atomic mass is 35.5. The molecule has 23 heavy (non-hydrogen) atoms. The third-order valence-electron chi connectivity index (χ3n) is 4.27. The first-order chi connectivity index (χ1) is 10.9. The van der Waals surface area contributed by atoms with Crippen molar-refractivity contribution in [3.8, 4) is 0 Å². The van der Waals surface area contributed by atoms with Gasteiger partial charge in [0.25, 0.3) is 5.91 Å². The van der Waals surface area contributed by atoms with E-state index in [1.54, 1.807) is 17.8 Å². The Morgan fingerprint density at radius 2 is 2.04 bits per heavy atom. The van der Waals surface area contributed by atoms with E-state index < -0.39 is 0 Å². The lowest BCUT2D eigenvalue weighted by molar-refractivity contribution is 0.0905. The van der Waals surface area contributed by atoms with Crippen molar-refractivity contribution >= 4 is 29.3 Å². The second-order valence-electron chi connectivity index (χ2n) is 6.88. The summed E-state index contributed by atoms with van der Waals surface area (Å²) in [6.07, 6.45) is 3.29. The van der Waals surface area contributed by atoms with Crippen molar-refractivity contribution in [1.29, 1.82) is 0 Å². The van der Waals surface area contributed by atoms with E-state index in [0.29, 0.717) is 10.6 Å². The van der Waals surface area contributed by atoms with E-state index in [9.17, 15) is 4.79 Å². The molecule has 1 heterocycles. The number of rotatable bonds is 5. The summed E-state index contributed by atoms with van der Waals surface area (Å²) in [5, 5.41) is 3.60. The van der Waals surface area contributed by atoms with Crippen LogP contribution in [0.1, 0.15) is 37.6 Å². The normalized spacial score (nSPS) is 23.5. The SMILES string of the molecule is CSc1ccc(Cl)c(C(=O)NC(C)CN2CC(C)CC(C)C2)c1. The van der Waals surface area contributed by atoms with Gasteiger partial charge in [-0.2, -0.15) is 0 Å². The zero-order chi connectivity index (χ0) is 17.0. The molecule has 1 aromatic rings. The van der Waals surface area contributed by atoms with Crippen LogP contribution < -0.4 is 5.32 Å². The number of hydrogen-bond acceptors (Lipinski definition) is 3. The minimum Gasteiger partial charge on any atom is -0.348 e. The van der Waals surface area contributed by atoms with Crippen LogP contribution in [0, 0.1) is 11.8 Å². The van der Waals surface area contributed by atoms with Gasteiger partial charge in [-0.3, -0.25) is 4.79 Å². The van der Waals surface area contributed by atoms with Gasteiger partial charge in [0.2, 0.25) is 0 Å². The summed E-state index contributed by atoms with van der Waals surface area (Å²) >= 11 is 7.79. The molecule has 0 saturated carbocycles. The van der Waals surface area contributed by atoms with Gasteiger partial charge in [0.05, 0.1) is 10.6 Å². The Morgan fingerprint density at radius 3 is 2.65 bits per heavy atom. The predicted molar refractivity (Wildman–Crippen MR) is 99.5 cm³/mol. The summed E-state index contributed by atoms with van der Waals surface area (Å²) < 4.78 is 0. The maximum Gasteiger partial charge on any atom is 0.253 e. The van der Waals surface area contributed by atoms with Crippen molar-refractivity contribution in [2.75, 3.05) is 25.9 Å².